The second-order valence-electron chi connectivity index (χ2n) is 14.0. The first kappa shape index (κ1) is 38.9. The molecule has 2 aliphatic rings. The number of hydrogen-bond donors (Lipinski definition) is 6. The Balaban J connectivity index is 1.60. The minimum Gasteiger partial charge on any atom is -0.481 e. The van der Waals surface area contributed by atoms with Crippen molar-refractivity contribution in [2.45, 2.75) is 108 Å². The Morgan fingerprint density at radius 3 is 2.33 bits per heavy atom. The highest BCUT2D eigenvalue weighted by Gasteiger charge is 2.30. The topological polar surface area (TPSA) is 144 Å². The third-order valence-corrected chi connectivity index (χ3v) is 13.1. The van der Waals surface area contributed by atoms with Crippen molar-refractivity contribution in [3.05, 3.63) is 82.9 Å². The van der Waals surface area contributed by atoms with E-state index in [0.29, 0.717) is 38.1 Å². The van der Waals surface area contributed by atoms with Crippen molar-refractivity contribution >= 4 is 27.6 Å². The lowest BCUT2D eigenvalue weighted by atomic mass is 9.75. The van der Waals surface area contributed by atoms with Gasteiger partial charge in [0, 0.05) is 17.9 Å². The van der Waals surface area contributed by atoms with E-state index in [9.17, 15) is 30.3 Å². The molecular formula is C39H57NO6S2. The summed E-state index contributed by atoms with van der Waals surface area (Å²) in [5, 5.41) is 51.5. The van der Waals surface area contributed by atoms with Gasteiger partial charge in [0.15, 0.2) is 0 Å². The van der Waals surface area contributed by atoms with Crippen LogP contribution in [0.4, 0.5) is 0 Å². The minimum atomic E-state index is -0.960. The second-order valence-corrected chi connectivity index (χ2v) is 16.6. The predicted octanol–water partition coefficient (Wildman–Crippen LogP) is 6.54. The zero-order chi connectivity index (χ0) is 34.3. The lowest BCUT2D eigenvalue weighted by molar-refractivity contribution is -0.138. The molecule has 6 atom stereocenters. The van der Waals surface area contributed by atoms with Crippen molar-refractivity contribution in [1.29, 1.82) is 0 Å². The summed E-state index contributed by atoms with van der Waals surface area (Å²) in [5.74, 6) is 1.84. The monoisotopic (exact) mass is 699 g/mol. The summed E-state index contributed by atoms with van der Waals surface area (Å²) in [6.07, 6.45) is 10.4. The highest BCUT2D eigenvalue weighted by atomic mass is 33.1. The molecule has 0 aromatic heterocycles. The predicted molar refractivity (Wildman–Crippen MR) is 197 cm³/mol. The van der Waals surface area contributed by atoms with Gasteiger partial charge in [-0.1, -0.05) is 82.3 Å². The Labute approximate surface area is 295 Å². The summed E-state index contributed by atoms with van der Waals surface area (Å²) in [6.45, 7) is 0.522. The maximum atomic E-state index is 12.1. The smallest absolute Gasteiger partial charge is 0.303 e. The summed E-state index contributed by atoms with van der Waals surface area (Å²) in [5.41, 5.74) is 10.8. The van der Waals surface area contributed by atoms with Gasteiger partial charge in [0.2, 0.25) is 0 Å². The van der Waals surface area contributed by atoms with Crippen LogP contribution in [-0.2, 0) is 30.0 Å². The van der Waals surface area contributed by atoms with Gasteiger partial charge in [-0.15, -0.1) is 0 Å². The van der Waals surface area contributed by atoms with Gasteiger partial charge in [0.25, 0.3) is 0 Å². The Morgan fingerprint density at radius 1 is 0.875 bits per heavy atom. The Hall–Kier alpha value is -1.85. The fourth-order valence-corrected chi connectivity index (χ4v) is 10.4. The van der Waals surface area contributed by atoms with Gasteiger partial charge in [0.05, 0.1) is 24.9 Å². The van der Waals surface area contributed by atoms with Crippen molar-refractivity contribution in [3.63, 3.8) is 0 Å². The fourth-order valence-electron chi connectivity index (χ4n) is 7.80. The van der Waals surface area contributed by atoms with Crippen LogP contribution < -0.4 is 5.73 Å². The number of nitrogens with two attached hydrogens (primary N) is 1. The third-order valence-electron chi connectivity index (χ3n) is 10.7. The number of benzene rings is 2. The molecule has 0 amide bonds. The molecule has 0 bridgehead atoms. The quantitative estimate of drug-likeness (QED) is 0.108. The molecule has 1 fully saturated rings. The van der Waals surface area contributed by atoms with Crippen molar-refractivity contribution in [3.8, 4) is 0 Å². The summed E-state index contributed by atoms with van der Waals surface area (Å²) in [4.78, 5) is 12.1. The Bertz CT molecular complexity index is 1270. The Kier molecular flexibility index (Phi) is 16.8. The number of aryl methyl sites for hydroxylation is 1. The van der Waals surface area contributed by atoms with Crippen LogP contribution in [0.1, 0.15) is 86.5 Å². The average molecular weight is 700 g/mol. The number of carbonyl (C=O) groups is 1. The van der Waals surface area contributed by atoms with Gasteiger partial charge < -0.3 is 31.3 Å². The molecule has 0 radical (unpaired) electrons. The number of allylic oxidation sites excluding steroid dienone is 1. The molecule has 0 saturated heterocycles. The minimum absolute atomic E-state index is 0.000583. The van der Waals surface area contributed by atoms with Crippen molar-refractivity contribution < 1.29 is 30.3 Å². The van der Waals surface area contributed by atoms with Gasteiger partial charge in [-0.25, -0.2) is 0 Å². The molecule has 48 heavy (non-hydrogen) atoms. The number of aliphatic hydroxyl groups is 4. The molecule has 7 nitrogen and oxygen atoms in total. The van der Waals surface area contributed by atoms with Crippen molar-refractivity contribution in [2.24, 2.45) is 35.3 Å². The van der Waals surface area contributed by atoms with Crippen LogP contribution in [0.2, 0.25) is 0 Å². The molecule has 266 valence electrons. The summed E-state index contributed by atoms with van der Waals surface area (Å²) in [7, 11) is 3.78. The molecule has 2 aromatic carbocycles. The molecule has 1 saturated carbocycles. The van der Waals surface area contributed by atoms with Gasteiger partial charge in [-0.05, 0) is 129 Å². The number of carboxylic acid groups (broad SMARTS) is 1. The van der Waals surface area contributed by atoms with Crippen LogP contribution in [-0.4, -0.2) is 62.1 Å². The molecule has 2 aromatic rings. The van der Waals surface area contributed by atoms with Crippen LogP contribution in [0.3, 0.4) is 0 Å². The number of fused-ring (bicyclic) bond motifs is 1. The maximum absolute atomic E-state index is 12.1. The maximum Gasteiger partial charge on any atom is 0.303 e. The largest absolute Gasteiger partial charge is 0.481 e. The first-order chi connectivity index (χ1) is 23.3. The molecule has 0 spiro atoms. The second kappa shape index (κ2) is 20.7. The van der Waals surface area contributed by atoms with Gasteiger partial charge in [0.1, 0.15) is 0 Å². The highest BCUT2D eigenvalue weighted by Crippen LogP contribution is 2.39. The van der Waals surface area contributed by atoms with Crippen LogP contribution in [0.15, 0.2) is 60.7 Å². The van der Waals surface area contributed by atoms with E-state index in [1.165, 1.54) is 16.7 Å². The van der Waals surface area contributed by atoms with E-state index < -0.39 is 18.2 Å². The van der Waals surface area contributed by atoms with Crippen LogP contribution in [0.5, 0.6) is 0 Å². The SMILES string of the molecule is NCC[C@@H]1CC[C@@H](C/C=C\[C@H](O)[C@H](O)C2CCC(O)CC2)[C@H](Cc2cccc(CO)c2)CSSCc2ccccc2CC[C@@H]1CC(=O)O. The van der Waals surface area contributed by atoms with Crippen molar-refractivity contribution in [2.75, 3.05) is 12.3 Å². The third kappa shape index (κ3) is 12.5. The van der Waals surface area contributed by atoms with Gasteiger partial charge in [-0.2, -0.15) is 0 Å². The van der Waals surface area contributed by atoms with E-state index >= 15 is 0 Å². The molecular weight excluding hydrogens is 643 g/mol. The van der Waals surface area contributed by atoms with Crippen LogP contribution in [0.25, 0.3) is 0 Å². The molecule has 4 rings (SSSR count). The zero-order valence-corrected chi connectivity index (χ0v) is 29.9. The first-order valence-corrected chi connectivity index (χ1v) is 20.4. The molecule has 1 aliphatic carbocycles. The normalized spacial score (nSPS) is 27.5. The van der Waals surface area contributed by atoms with E-state index in [2.05, 4.69) is 36.4 Å². The molecule has 7 N–H and O–H groups in total. The lowest BCUT2D eigenvalue weighted by Gasteiger charge is -2.32. The zero-order valence-electron chi connectivity index (χ0n) is 28.2. The van der Waals surface area contributed by atoms with Crippen LogP contribution >= 0.6 is 21.6 Å². The molecule has 0 unspecified atom stereocenters. The fraction of sp³-hybridized carbons (Fsp3) is 0.615. The summed E-state index contributed by atoms with van der Waals surface area (Å²) >= 11 is 0. The molecule has 1 aliphatic heterocycles. The standard InChI is InChI=1S/C39H57NO6S2/c40-20-19-31-12-11-30(9-4-10-37(43)39(46)32-15-17-36(42)18-16-32)35(22-27-5-3-6-28(21-27)24-41)26-48-47-25-34-8-2-1-7-29(34)13-14-33(31)23-38(44)45/h1-8,10,21,30-33,35-37,39,41-43,46H,9,11-20,22-26,40H2,(H,44,45)/b10-4-/t30-,31+,32?,33-,35-,36?,37+,39-/m1/s1. The number of rotatable bonds is 12. The first-order valence-electron chi connectivity index (χ1n) is 17.9. The van der Waals surface area contributed by atoms with E-state index in [4.69, 9.17) is 5.73 Å². The molecule has 9 heteroatoms. The molecule has 1 heterocycles. The highest BCUT2D eigenvalue weighted by molar-refractivity contribution is 8.76. The van der Waals surface area contributed by atoms with E-state index in [1.54, 1.807) is 6.08 Å². The van der Waals surface area contributed by atoms with E-state index in [-0.39, 0.29) is 42.8 Å². The van der Waals surface area contributed by atoms with Crippen LogP contribution in [0, 0.1) is 29.6 Å². The van der Waals surface area contributed by atoms with E-state index in [0.717, 1.165) is 62.0 Å². The van der Waals surface area contributed by atoms with E-state index in [1.807, 2.05) is 39.8 Å². The van der Waals surface area contributed by atoms with Crippen molar-refractivity contribution in [1.82, 2.24) is 0 Å². The van der Waals surface area contributed by atoms with Gasteiger partial charge in [-0.3, -0.25) is 4.79 Å². The summed E-state index contributed by atoms with van der Waals surface area (Å²) < 4.78 is 0. The number of aliphatic hydroxyl groups excluding tert-OH is 4. The average Bonchev–Trinajstić information content (AvgIpc) is 3.09. The number of hydrogen-bond acceptors (Lipinski definition) is 8. The Morgan fingerprint density at radius 2 is 1.60 bits per heavy atom. The summed E-state index contributed by atoms with van der Waals surface area (Å²) in [6, 6.07) is 16.7. The van der Waals surface area contributed by atoms with Gasteiger partial charge >= 0.3 is 5.97 Å². The number of aliphatic carboxylic acids is 1. The lowest BCUT2D eigenvalue weighted by Crippen LogP contribution is -2.35. The number of carboxylic acids is 1.